The van der Waals surface area contributed by atoms with Crippen LogP contribution >= 0.6 is 11.6 Å². The molecule has 0 bridgehead atoms. The van der Waals surface area contributed by atoms with E-state index in [1.165, 1.54) is 0 Å². The van der Waals surface area contributed by atoms with Gasteiger partial charge < -0.3 is 10.2 Å². The highest BCUT2D eigenvalue weighted by molar-refractivity contribution is 6.31. The van der Waals surface area contributed by atoms with Gasteiger partial charge >= 0.3 is 0 Å². The van der Waals surface area contributed by atoms with E-state index in [2.05, 4.69) is 24.1 Å². The summed E-state index contributed by atoms with van der Waals surface area (Å²) in [5.74, 6) is 0.549. The maximum atomic E-state index is 11.5. The third kappa shape index (κ3) is 2.30. The molecule has 1 heterocycles. The summed E-state index contributed by atoms with van der Waals surface area (Å²) >= 11 is 5.98. The molecule has 1 N–H and O–H groups in total. The van der Waals surface area contributed by atoms with Gasteiger partial charge in [-0.1, -0.05) is 25.4 Å². The summed E-state index contributed by atoms with van der Waals surface area (Å²) in [6, 6.07) is 5.54. The molecular weight excluding hydrogens is 224 g/mol. The van der Waals surface area contributed by atoms with Crippen LogP contribution < -0.4 is 10.2 Å². The molecule has 0 radical (unpaired) electrons. The van der Waals surface area contributed by atoms with Crippen LogP contribution in [0.2, 0.25) is 5.02 Å². The molecule has 0 aliphatic carbocycles. The molecule has 3 nitrogen and oxygen atoms in total. The van der Waals surface area contributed by atoms with E-state index in [0.717, 1.165) is 17.9 Å². The van der Waals surface area contributed by atoms with Gasteiger partial charge in [-0.05, 0) is 24.1 Å². The second-order valence-electron chi connectivity index (χ2n) is 4.48. The van der Waals surface area contributed by atoms with Crippen LogP contribution in [0.3, 0.4) is 0 Å². The molecule has 86 valence electrons. The Kier molecular flexibility index (Phi) is 3.06. The zero-order valence-corrected chi connectivity index (χ0v) is 10.2. The Morgan fingerprint density at radius 1 is 1.50 bits per heavy atom. The van der Waals surface area contributed by atoms with Gasteiger partial charge in [0.25, 0.3) is 0 Å². The number of anilines is 2. The van der Waals surface area contributed by atoms with Gasteiger partial charge in [0.15, 0.2) is 0 Å². The van der Waals surface area contributed by atoms with E-state index in [1.54, 1.807) is 6.07 Å². The highest BCUT2D eigenvalue weighted by atomic mass is 35.5. The average Bonchev–Trinajstić information content (AvgIpc) is 2.18. The maximum absolute atomic E-state index is 11.5. The fraction of sp³-hybridized carbons (Fsp3) is 0.417. The summed E-state index contributed by atoms with van der Waals surface area (Å²) in [5, 5.41) is 3.55. The van der Waals surface area contributed by atoms with Crippen LogP contribution in [0, 0.1) is 5.92 Å². The van der Waals surface area contributed by atoms with Gasteiger partial charge in [0.2, 0.25) is 5.91 Å². The third-order valence-electron chi connectivity index (χ3n) is 2.49. The molecule has 1 aliphatic rings. The molecule has 0 fully saturated rings. The SMILES string of the molecule is CC(C)CN1CC(=O)Nc2ccc(Cl)cc21. The zero-order valence-electron chi connectivity index (χ0n) is 9.46. The first-order valence-electron chi connectivity index (χ1n) is 5.40. The van der Waals surface area contributed by atoms with E-state index in [4.69, 9.17) is 11.6 Å². The van der Waals surface area contributed by atoms with Crippen molar-refractivity contribution in [2.75, 3.05) is 23.3 Å². The van der Waals surface area contributed by atoms with E-state index in [0.29, 0.717) is 17.5 Å². The maximum Gasteiger partial charge on any atom is 0.243 e. The lowest BCUT2D eigenvalue weighted by atomic mass is 10.1. The molecule has 4 heteroatoms. The van der Waals surface area contributed by atoms with Crippen molar-refractivity contribution in [1.29, 1.82) is 0 Å². The van der Waals surface area contributed by atoms with Gasteiger partial charge in [0.05, 0.1) is 17.9 Å². The molecule has 0 unspecified atom stereocenters. The Hall–Kier alpha value is -1.22. The number of nitrogens with zero attached hydrogens (tertiary/aromatic N) is 1. The molecule has 1 aliphatic heterocycles. The van der Waals surface area contributed by atoms with Crippen molar-refractivity contribution >= 4 is 28.9 Å². The molecule has 0 aromatic heterocycles. The second-order valence-corrected chi connectivity index (χ2v) is 4.92. The summed E-state index contributed by atoms with van der Waals surface area (Å²) in [6.45, 7) is 5.54. The minimum atomic E-state index is 0.0375. The second kappa shape index (κ2) is 4.34. The van der Waals surface area contributed by atoms with E-state index >= 15 is 0 Å². The summed E-state index contributed by atoms with van der Waals surface area (Å²) in [7, 11) is 0. The first kappa shape index (κ1) is 11.3. The Bertz CT molecular complexity index is 417. The van der Waals surface area contributed by atoms with Crippen LogP contribution in [0.1, 0.15) is 13.8 Å². The van der Waals surface area contributed by atoms with Crippen LogP contribution in [0.4, 0.5) is 11.4 Å². The molecule has 1 amide bonds. The number of hydrogen-bond donors (Lipinski definition) is 1. The highest BCUT2D eigenvalue weighted by Gasteiger charge is 2.22. The number of fused-ring (bicyclic) bond motifs is 1. The minimum absolute atomic E-state index is 0.0375. The largest absolute Gasteiger partial charge is 0.360 e. The highest BCUT2D eigenvalue weighted by Crippen LogP contribution is 2.32. The third-order valence-corrected chi connectivity index (χ3v) is 2.73. The number of benzene rings is 1. The van der Waals surface area contributed by atoms with Crippen molar-refractivity contribution < 1.29 is 4.79 Å². The fourth-order valence-corrected chi connectivity index (χ4v) is 2.09. The smallest absolute Gasteiger partial charge is 0.243 e. The fourth-order valence-electron chi connectivity index (χ4n) is 1.92. The van der Waals surface area contributed by atoms with Crippen molar-refractivity contribution in [3.8, 4) is 0 Å². The molecule has 0 saturated carbocycles. The van der Waals surface area contributed by atoms with Gasteiger partial charge in [-0.3, -0.25) is 4.79 Å². The number of rotatable bonds is 2. The number of hydrogen-bond acceptors (Lipinski definition) is 2. The van der Waals surface area contributed by atoms with Gasteiger partial charge in [-0.15, -0.1) is 0 Å². The summed E-state index contributed by atoms with van der Waals surface area (Å²) in [5.41, 5.74) is 1.86. The normalized spacial score (nSPS) is 15.0. The van der Waals surface area contributed by atoms with Crippen molar-refractivity contribution in [3.63, 3.8) is 0 Å². The predicted octanol–water partition coefficient (Wildman–Crippen LogP) is 2.75. The number of carbonyl (C=O) groups is 1. The Morgan fingerprint density at radius 3 is 2.94 bits per heavy atom. The Morgan fingerprint density at radius 2 is 2.25 bits per heavy atom. The summed E-state index contributed by atoms with van der Waals surface area (Å²) in [4.78, 5) is 13.6. The van der Waals surface area contributed by atoms with Crippen molar-refractivity contribution in [1.82, 2.24) is 0 Å². The first-order chi connectivity index (χ1) is 7.56. The van der Waals surface area contributed by atoms with Crippen LogP contribution in [-0.4, -0.2) is 19.0 Å². The Balaban J connectivity index is 2.35. The zero-order chi connectivity index (χ0) is 11.7. The lowest BCUT2D eigenvalue weighted by Gasteiger charge is -2.32. The molecule has 2 rings (SSSR count). The topological polar surface area (TPSA) is 32.3 Å². The van der Waals surface area contributed by atoms with Gasteiger partial charge in [-0.2, -0.15) is 0 Å². The molecule has 0 atom stereocenters. The standard InChI is InChI=1S/C12H15ClN2O/c1-8(2)6-15-7-12(16)14-10-4-3-9(13)5-11(10)15/h3-5,8H,6-7H2,1-2H3,(H,14,16). The molecular formula is C12H15ClN2O. The molecule has 1 aromatic rings. The average molecular weight is 239 g/mol. The monoisotopic (exact) mass is 238 g/mol. The summed E-state index contributed by atoms with van der Waals surface area (Å²) in [6.07, 6.45) is 0. The van der Waals surface area contributed by atoms with Crippen LogP contribution in [0.15, 0.2) is 18.2 Å². The predicted molar refractivity (Wildman–Crippen MR) is 67.1 cm³/mol. The first-order valence-corrected chi connectivity index (χ1v) is 5.78. The van der Waals surface area contributed by atoms with Crippen molar-refractivity contribution in [2.45, 2.75) is 13.8 Å². The summed E-state index contributed by atoms with van der Waals surface area (Å²) < 4.78 is 0. The minimum Gasteiger partial charge on any atom is -0.360 e. The van der Waals surface area contributed by atoms with Crippen LogP contribution in [-0.2, 0) is 4.79 Å². The van der Waals surface area contributed by atoms with Crippen LogP contribution in [0.25, 0.3) is 0 Å². The molecule has 1 aromatic carbocycles. The molecule has 0 saturated heterocycles. The van der Waals surface area contributed by atoms with Gasteiger partial charge in [-0.25, -0.2) is 0 Å². The van der Waals surface area contributed by atoms with Gasteiger partial charge in [0, 0.05) is 11.6 Å². The van der Waals surface area contributed by atoms with E-state index in [1.807, 2.05) is 12.1 Å². The van der Waals surface area contributed by atoms with E-state index in [-0.39, 0.29) is 5.91 Å². The lowest BCUT2D eigenvalue weighted by Crippen LogP contribution is -2.40. The number of halogens is 1. The van der Waals surface area contributed by atoms with Crippen molar-refractivity contribution in [2.24, 2.45) is 5.92 Å². The molecule has 16 heavy (non-hydrogen) atoms. The quantitative estimate of drug-likeness (QED) is 0.859. The number of nitrogens with one attached hydrogen (secondary N) is 1. The number of carbonyl (C=O) groups excluding carboxylic acids is 1. The lowest BCUT2D eigenvalue weighted by molar-refractivity contribution is -0.115. The van der Waals surface area contributed by atoms with Crippen molar-refractivity contribution in [3.05, 3.63) is 23.2 Å². The van der Waals surface area contributed by atoms with E-state index < -0.39 is 0 Å². The number of amides is 1. The van der Waals surface area contributed by atoms with Gasteiger partial charge in [0.1, 0.15) is 0 Å². The van der Waals surface area contributed by atoms with Crippen LogP contribution in [0.5, 0.6) is 0 Å². The van der Waals surface area contributed by atoms with E-state index in [9.17, 15) is 4.79 Å². The molecule has 0 spiro atoms. The Labute approximate surface area is 100 Å².